The van der Waals surface area contributed by atoms with Crippen molar-refractivity contribution in [1.82, 2.24) is 15.5 Å². The predicted octanol–water partition coefficient (Wildman–Crippen LogP) is 4.76. The number of benzene rings is 1. The summed E-state index contributed by atoms with van der Waals surface area (Å²) in [4.78, 5) is 16.5. The van der Waals surface area contributed by atoms with Crippen LogP contribution in [-0.2, 0) is 0 Å². The van der Waals surface area contributed by atoms with Crippen LogP contribution in [0.2, 0.25) is 0 Å². The number of nitrogen functional groups attached to an aromatic ring is 1. The molecule has 0 radical (unpaired) electrons. The Labute approximate surface area is 177 Å². The van der Waals surface area contributed by atoms with Gasteiger partial charge in [0, 0.05) is 29.4 Å². The first-order valence-corrected chi connectivity index (χ1v) is 9.23. The number of carbonyl (C=O) groups is 1. The molecule has 8 heteroatoms. The number of halogens is 2. The number of hydrogen-bond donors (Lipinski definition) is 2. The van der Waals surface area contributed by atoms with E-state index in [1.807, 2.05) is 0 Å². The van der Waals surface area contributed by atoms with Crippen LogP contribution < -0.4 is 11.1 Å². The lowest BCUT2D eigenvalue weighted by Crippen LogP contribution is -2.26. The Morgan fingerprint density at radius 3 is 2.65 bits per heavy atom. The van der Waals surface area contributed by atoms with Gasteiger partial charge in [0.25, 0.3) is 5.91 Å². The molecule has 0 bridgehead atoms. The number of carbonyl (C=O) groups excluding carboxylic acids is 1. The molecule has 31 heavy (non-hydrogen) atoms. The first-order chi connectivity index (χ1) is 14.8. The fraction of sp³-hybridized carbons (Fsp3) is 0.0870. The van der Waals surface area contributed by atoms with Crippen molar-refractivity contribution in [3.8, 4) is 22.3 Å². The summed E-state index contributed by atoms with van der Waals surface area (Å²) >= 11 is 0. The molecular formula is C23H20F2N4O2. The first kappa shape index (κ1) is 21.6. The number of allylic oxidation sites excluding steroid dienone is 2. The van der Waals surface area contributed by atoms with E-state index in [0.717, 1.165) is 11.6 Å². The molecule has 0 saturated carbocycles. The quantitative estimate of drug-likeness (QED) is 0.536. The number of pyridine rings is 1. The van der Waals surface area contributed by atoms with Crippen molar-refractivity contribution in [2.45, 2.75) is 6.92 Å². The van der Waals surface area contributed by atoms with E-state index in [2.05, 4.69) is 28.6 Å². The molecule has 0 spiro atoms. The van der Waals surface area contributed by atoms with Gasteiger partial charge >= 0.3 is 0 Å². The highest BCUT2D eigenvalue weighted by atomic mass is 19.1. The van der Waals surface area contributed by atoms with Crippen LogP contribution >= 0.6 is 0 Å². The maximum atomic E-state index is 14.7. The summed E-state index contributed by atoms with van der Waals surface area (Å²) in [6, 6.07) is 5.88. The van der Waals surface area contributed by atoms with E-state index >= 15 is 0 Å². The van der Waals surface area contributed by atoms with E-state index < -0.39 is 17.6 Å². The summed E-state index contributed by atoms with van der Waals surface area (Å²) in [6.07, 6.45) is 5.65. The van der Waals surface area contributed by atoms with Crippen molar-refractivity contribution >= 4 is 11.7 Å². The molecule has 0 atom stereocenters. The summed E-state index contributed by atoms with van der Waals surface area (Å²) in [5, 5.41) is 6.27. The molecule has 158 valence electrons. The van der Waals surface area contributed by atoms with Gasteiger partial charge in [-0.1, -0.05) is 30.5 Å². The number of rotatable bonds is 7. The number of nitrogens with one attached hydrogen (secondary N) is 1. The van der Waals surface area contributed by atoms with Gasteiger partial charge in [-0.05, 0) is 42.3 Å². The zero-order valence-electron chi connectivity index (χ0n) is 16.8. The molecule has 1 aromatic carbocycles. The highest BCUT2D eigenvalue weighted by Crippen LogP contribution is 2.31. The lowest BCUT2D eigenvalue weighted by Gasteiger charge is -2.10. The number of nitrogens with two attached hydrogens (primary N) is 1. The second kappa shape index (κ2) is 9.17. The molecule has 1 amide bonds. The topological polar surface area (TPSA) is 94.0 Å². The molecule has 0 unspecified atom stereocenters. The van der Waals surface area contributed by atoms with Gasteiger partial charge in [0.1, 0.15) is 23.2 Å². The third-order valence-electron chi connectivity index (χ3n) is 4.56. The second-order valence-electron chi connectivity index (χ2n) is 6.70. The molecule has 2 heterocycles. The highest BCUT2D eigenvalue weighted by molar-refractivity contribution is 5.95. The number of nitrogens with zero attached hydrogens (tertiary/aromatic N) is 2. The van der Waals surface area contributed by atoms with Crippen LogP contribution in [0.4, 0.5) is 14.6 Å². The van der Waals surface area contributed by atoms with Gasteiger partial charge < -0.3 is 15.6 Å². The average Bonchev–Trinajstić information content (AvgIpc) is 3.16. The van der Waals surface area contributed by atoms with E-state index in [1.54, 1.807) is 31.5 Å². The van der Waals surface area contributed by atoms with E-state index in [1.165, 1.54) is 18.2 Å². The van der Waals surface area contributed by atoms with E-state index in [0.29, 0.717) is 28.0 Å². The Bertz CT molecular complexity index is 1200. The minimum atomic E-state index is -0.736. The van der Waals surface area contributed by atoms with Gasteiger partial charge in [-0.3, -0.25) is 4.79 Å². The fourth-order valence-corrected chi connectivity index (χ4v) is 2.96. The molecule has 0 saturated heterocycles. The SMILES string of the molecule is C=C/C(=C\C(=C)F)CNC(=O)c1ccc(-c2cc(-c3cnoc3C)cnc2N)cc1F. The van der Waals surface area contributed by atoms with Crippen molar-refractivity contribution < 1.29 is 18.1 Å². The van der Waals surface area contributed by atoms with E-state index in [4.69, 9.17) is 10.3 Å². The van der Waals surface area contributed by atoms with E-state index in [9.17, 15) is 13.6 Å². The smallest absolute Gasteiger partial charge is 0.254 e. The third-order valence-corrected chi connectivity index (χ3v) is 4.56. The maximum absolute atomic E-state index is 14.7. The Kier molecular flexibility index (Phi) is 6.40. The number of anilines is 1. The fourth-order valence-electron chi connectivity index (χ4n) is 2.96. The summed E-state index contributed by atoms with van der Waals surface area (Å²) < 4.78 is 32.7. The van der Waals surface area contributed by atoms with Crippen LogP contribution in [0.15, 0.2) is 77.9 Å². The zero-order valence-corrected chi connectivity index (χ0v) is 16.8. The molecule has 3 rings (SSSR count). The Hall–Kier alpha value is -4.07. The van der Waals surface area contributed by atoms with Crippen molar-refractivity contribution in [1.29, 1.82) is 0 Å². The largest absolute Gasteiger partial charge is 0.383 e. The zero-order chi connectivity index (χ0) is 22.5. The van der Waals surface area contributed by atoms with Crippen molar-refractivity contribution in [2.24, 2.45) is 0 Å². The number of amides is 1. The Balaban J connectivity index is 1.86. The molecule has 0 aliphatic carbocycles. The van der Waals surface area contributed by atoms with Gasteiger partial charge in [-0.15, -0.1) is 0 Å². The van der Waals surface area contributed by atoms with Gasteiger partial charge in [0.2, 0.25) is 0 Å². The lowest BCUT2D eigenvalue weighted by atomic mass is 10.00. The van der Waals surface area contributed by atoms with Crippen LogP contribution in [0.5, 0.6) is 0 Å². The van der Waals surface area contributed by atoms with Crippen LogP contribution in [0, 0.1) is 12.7 Å². The van der Waals surface area contributed by atoms with Gasteiger partial charge in [-0.25, -0.2) is 13.8 Å². The molecule has 6 nitrogen and oxygen atoms in total. The lowest BCUT2D eigenvalue weighted by molar-refractivity contribution is 0.0953. The Morgan fingerprint density at radius 2 is 2.03 bits per heavy atom. The van der Waals surface area contributed by atoms with Gasteiger partial charge in [0.15, 0.2) is 0 Å². The minimum absolute atomic E-state index is 0.0243. The molecule has 3 N–H and O–H groups in total. The molecule has 0 aliphatic rings. The number of aromatic nitrogens is 2. The highest BCUT2D eigenvalue weighted by Gasteiger charge is 2.16. The summed E-state index contributed by atoms with van der Waals surface area (Å²) in [7, 11) is 0. The van der Waals surface area contributed by atoms with Crippen LogP contribution in [0.3, 0.4) is 0 Å². The first-order valence-electron chi connectivity index (χ1n) is 9.23. The van der Waals surface area contributed by atoms with Crippen LogP contribution in [0.25, 0.3) is 22.3 Å². The Morgan fingerprint density at radius 1 is 1.26 bits per heavy atom. The molecule has 0 aliphatic heterocycles. The summed E-state index contributed by atoms with van der Waals surface area (Å²) in [6.45, 7) is 8.41. The van der Waals surface area contributed by atoms with Gasteiger partial charge in [0.05, 0.1) is 11.8 Å². The minimum Gasteiger partial charge on any atom is -0.383 e. The maximum Gasteiger partial charge on any atom is 0.254 e. The second-order valence-corrected chi connectivity index (χ2v) is 6.70. The van der Waals surface area contributed by atoms with E-state index in [-0.39, 0.29) is 17.9 Å². The summed E-state index contributed by atoms with van der Waals surface area (Å²) in [5.41, 5.74) is 8.64. The average molecular weight is 422 g/mol. The van der Waals surface area contributed by atoms with Crippen molar-refractivity contribution in [2.75, 3.05) is 12.3 Å². The molecule has 0 fully saturated rings. The monoisotopic (exact) mass is 422 g/mol. The number of hydrogen-bond acceptors (Lipinski definition) is 5. The van der Waals surface area contributed by atoms with Gasteiger partial charge in [-0.2, -0.15) is 0 Å². The third kappa shape index (κ3) is 4.92. The predicted molar refractivity (Wildman–Crippen MR) is 115 cm³/mol. The normalized spacial score (nSPS) is 11.3. The number of aryl methyl sites for hydroxylation is 1. The van der Waals surface area contributed by atoms with Crippen LogP contribution in [0.1, 0.15) is 16.1 Å². The molecule has 2 aromatic heterocycles. The van der Waals surface area contributed by atoms with Crippen molar-refractivity contribution in [3.63, 3.8) is 0 Å². The summed E-state index contributed by atoms with van der Waals surface area (Å²) in [5.74, 6) is -1.24. The van der Waals surface area contributed by atoms with Crippen LogP contribution in [-0.4, -0.2) is 22.6 Å². The van der Waals surface area contributed by atoms with Crippen molar-refractivity contribution in [3.05, 3.63) is 90.5 Å². The standard InChI is InChI=1S/C23H20F2N4O2/c1-4-15(7-13(2)24)10-28-23(30)18-6-5-16(9-21(18)25)19-8-17(11-27-22(19)26)20-12-29-31-14(20)3/h4-9,11-12H,1-2,10H2,3H3,(H2,26,27)(H,28,30)/b15-7+. The molecule has 3 aromatic rings. The molecular weight excluding hydrogens is 402 g/mol.